The van der Waals surface area contributed by atoms with Crippen molar-refractivity contribution < 1.29 is 4.74 Å². The quantitative estimate of drug-likeness (QED) is 0.844. The number of rotatable bonds is 6. The van der Waals surface area contributed by atoms with Crippen LogP contribution in [-0.4, -0.2) is 38.1 Å². The molecule has 0 atom stereocenters. The van der Waals surface area contributed by atoms with E-state index in [0.29, 0.717) is 19.0 Å². The van der Waals surface area contributed by atoms with Crippen LogP contribution in [0.3, 0.4) is 0 Å². The van der Waals surface area contributed by atoms with E-state index < -0.39 is 0 Å². The van der Waals surface area contributed by atoms with Gasteiger partial charge in [0.25, 0.3) is 0 Å². The average molecular weight is 262 g/mol. The minimum absolute atomic E-state index is 0.397. The highest BCUT2D eigenvalue weighted by molar-refractivity contribution is 5.57. The molecule has 0 aliphatic carbocycles. The van der Waals surface area contributed by atoms with Gasteiger partial charge in [-0.3, -0.25) is 0 Å². The topological polar surface area (TPSA) is 77.8 Å². The largest absolute Gasteiger partial charge is 0.374 e. The fourth-order valence-corrected chi connectivity index (χ4v) is 1.68. The summed E-state index contributed by atoms with van der Waals surface area (Å²) in [5.41, 5.74) is 1.63. The summed E-state index contributed by atoms with van der Waals surface area (Å²) in [6.45, 7) is 5.80. The summed E-state index contributed by atoms with van der Waals surface area (Å²) in [5.74, 6) is 1.43. The molecule has 2 heterocycles. The molecule has 19 heavy (non-hydrogen) atoms. The summed E-state index contributed by atoms with van der Waals surface area (Å²) in [7, 11) is 1.83. The van der Waals surface area contributed by atoms with Gasteiger partial charge in [-0.05, 0) is 13.8 Å². The van der Waals surface area contributed by atoms with E-state index in [2.05, 4.69) is 25.6 Å². The molecule has 0 saturated carbocycles. The minimum Gasteiger partial charge on any atom is -0.374 e. The fraction of sp³-hybridized carbons (Fsp3) is 0.500. The standard InChI is InChI=1S/C12H18N6O/c1-4-13-11-6-9(10-7-14-17-18(10)3)15-12(16-11)8-19-5-2/h6-7H,4-5,8H2,1-3H3,(H,13,15,16). The maximum Gasteiger partial charge on any atom is 0.157 e. The lowest BCUT2D eigenvalue weighted by Gasteiger charge is -2.08. The third-order valence-corrected chi connectivity index (χ3v) is 2.54. The van der Waals surface area contributed by atoms with E-state index in [1.807, 2.05) is 27.0 Å². The normalized spacial score (nSPS) is 10.7. The first-order valence-corrected chi connectivity index (χ1v) is 6.29. The van der Waals surface area contributed by atoms with Crippen molar-refractivity contribution in [3.05, 3.63) is 18.1 Å². The molecule has 7 nitrogen and oxygen atoms in total. The van der Waals surface area contributed by atoms with Gasteiger partial charge in [0.1, 0.15) is 18.1 Å². The van der Waals surface area contributed by atoms with Crippen LogP contribution in [0.4, 0.5) is 5.82 Å². The SMILES string of the molecule is CCNc1cc(-c2cnnn2C)nc(COCC)n1. The predicted octanol–water partition coefficient (Wildman–Crippen LogP) is 1.24. The molecular weight excluding hydrogens is 244 g/mol. The van der Waals surface area contributed by atoms with Gasteiger partial charge in [-0.15, -0.1) is 5.10 Å². The highest BCUT2D eigenvalue weighted by Crippen LogP contribution is 2.18. The van der Waals surface area contributed by atoms with Crippen LogP contribution in [0.5, 0.6) is 0 Å². The first-order chi connectivity index (χ1) is 9.24. The predicted molar refractivity (Wildman–Crippen MR) is 71.5 cm³/mol. The van der Waals surface area contributed by atoms with Gasteiger partial charge in [0.2, 0.25) is 0 Å². The number of anilines is 1. The molecule has 0 unspecified atom stereocenters. The molecule has 0 aromatic carbocycles. The Morgan fingerprint density at radius 3 is 2.79 bits per heavy atom. The molecular formula is C12H18N6O. The smallest absolute Gasteiger partial charge is 0.157 e. The Hall–Kier alpha value is -2.02. The summed E-state index contributed by atoms with van der Waals surface area (Å²) in [5, 5.41) is 11.0. The van der Waals surface area contributed by atoms with E-state index in [1.54, 1.807) is 10.9 Å². The maximum atomic E-state index is 5.36. The molecule has 102 valence electrons. The van der Waals surface area contributed by atoms with Crippen LogP contribution >= 0.6 is 0 Å². The summed E-state index contributed by atoms with van der Waals surface area (Å²) < 4.78 is 7.05. The Morgan fingerprint density at radius 2 is 2.16 bits per heavy atom. The molecule has 1 N–H and O–H groups in total. The second kappa shape index (κ2) is 6.24. The molecule has 2 aromatic heterocycles. The molecule has 0 aliphatic heterocycles. The molecule has 0 amide bonds. The van der Waals surface area contributed by atoms with Crippen molar-refractivity contribution in [3.63, 3.8) is 0 Å². The zero-order valence-electron chi connectivity index (χ0n) is 11.4. The maximum absolute atomic E-state index is 5.36. The van der Waals surface area contributed by atoms with Gasteiger partial charge in [0, 0.05) is 26.3 Å². The molecule has 0 aliphatic rings. The van der Waals surface area contributed by atoms with Crippen LogP contribution < -0.4 is 5.32 Å². The van der Waals surface area contributed by atoms with Crippen molar-refractivity contribution in [2.75, 3.05) is 18.5 Å². The van der Waals surface area contributed by atoms with E-state index in [1.165, 1.54) is 0 Å². The molecule has 2 rings (SSSR count). The Morgan fingerprint density at radius 1 is 1.32 bits per heavy atom. The number of ether oxygens (including phenoxy) is 1. The lowest BCUT2D eigenvalue weighted by molar-refractivity contribution is 0.128. The molecule has 0 bridgehead atoms. The van der Waals surface area contributed by atoms with E-state index >= 15 is 0 Å². The first-order valence-electron chi connectivity index (χ1n) is 6.29. The Bertz CT molecular complexity index is 539. The van der Waals surface area contributed by atoms with Gasteiger partial charge in [0.15, 0.2) is 5.82 Å². The summed E-state index contributed by atoms with van der Waals surface area (Å²) in [6, 6.07) is 1.89. The van der Waals surface area contributed by atoms with Crippen molar-refractivity contribution in [3.8, 4) is 11.4 Å². The molecule has 0 spiro atoms. The molecule has 2 aromatic rings. The second-order valence-corrected chi connectivity index (χ2v) is 3.96. The lowest BCUT2D eigenvalue weighted by Crippen LogP contribution is -2.07. The van der Waals surface area contributed by atoms with E-state index in [4.69, 9.17) is 4.74 Å². The van der Waals surface area contributed by atoms with Crippen LogP contribution in [0, 0.1) is 0 Å². The van der Waals surface area contributed by atoms with Gasteiger partial charge >= 0.3 is 0 Å². The summed E-state index contributed by atoms with van der Waals surface area (Å²) >= 11 is 0. The molecule has 0 radical (unpaired) electrons. The summed E-state index contributed by atoms with van der Waals surface area (Å²) in [6.07, 6.45) is 1.68. The number of nitrogens with zero attached hydrogens (tertiary/aromatic N) is 5. The van der Waals surface area contributed by atoms with Crippen molar-refractivity contribution in [2.45, 2.75) is 20.5 Å². The van der Waals surface area contributed by atoms with Crippen LogP contribution in [0.1, 0.15) is 19.7 Å². The minimum atomic E-state index is 0.397. The van der Waals surface area contributed by atoms with Gasteiger partial charge in [-0.1, -0.05) is 5.21 Å². The van der Waals surface area contributed by atoms with Gasteiger partial charge in [0.05, 0.1) is 11.9 Å². The van der Waals surface area contributed by atoms with E-state index in [-0.39, 0.29) is 0 Å². The Balaban J connectivity index is 2.36. The van der Waals surface area contributed by atoms with Crippen LogP contribution in [-0.2, 0) is 18.4 Å². The summed E-state index contributed by atoms with van der Waals surface area (Å²) in [4.78, 5) is 8.88. The fourth-order valence-electron chi connectivity index (χ4n) is 1.68. The highest BCUT2D eigenvalue weighted by Gasteiger charge is 2.10. The number of hydrogen-bond donors (Lipinski definition) is 1. The number of aromatic nitrogens is 5. The number of hydrogen-bond acceptors (Lipinski definition) is 6. The Kier molecular flexibility index (Phi) is 4.40. The number of nitrogens with one attached hydrogen (secondary N) is 1. The van der Waals surface area contributed by atoms with Crippen LogP contribution in [0.25, 0.3) is 11.4 Å². The zero-order chi connectivity index (χ0) is 13.7. The van der Waals surface area contributed by atoms with Gasteiger partial charge in [-0.2, -0.15) is 0 Å². The molecule has 0 fully saturated rings. The monoisotopic (exact) mass is 262 g/mol. The van der Waals surface area contributed by atoms with E-state index in [0.717, 1.165) is 23.8 Å². The van der Waals surface area contributed by atoms with Gasteiger partial charge in [-0.25, -0.2) is 14.6 Å². The second-order valence-electron chi connectivity index (χ2n) is 3.96. The third-order valence-electron chi connectivity index (χ3n) is 2.54. The Labute approximate surface area is 112 Å². The first kappa shape index (κ1) is 13.4. The zero-order valence-corrected chi connectivity index (χ0v) is 11.4. The van der Waals surface area contributed by atoms with Crippen molar-refractivity contribution in [2.24, 2.45) is 7.05 Å². The van der Waals surface area contributed by atoms with Crippen molar-refractivity contribution in [1.82, 2.24) is 25.0 Å². The third kappa shape index (κ3) is 3.25. The highest BCUT2D eigenvalue weighted by atomic mass is 16.5. The average Bonchev–Trinajstić information content (AvgIpc) is 2.83. The van der Waals surface area contributed by atoms with Crippen LogP contribution in [0.2, 0.25) is 0 Å². The van der Waals surface area contributed by atoms with Crippen molar-refractivity contribution >= 4 is 5.82 Å². The van der Waals surface area contributed by atoms with Crippen molar-refractivity contribution in [1.29, 1.82) is 0 Å². The number of aryl methyl sites for hydroxylation is 1. The molecule has 7 heteroatoms. The lowest BCUT2D eigenvalue weighted by atomic mass is 10.3. The molecule has 0 saturated heterocycles. The van der Waals surface area contributed by atoms with E-state index in [9.17, 15) is 0 Å². The van der Waals surface area contributed by atoms with Gasteiger partial charge < -0.3 is 10.1 Å². The van der Waals surface area contributed by atoms with Crippen LogP contribution in [0.15, 0.2) is 12.3 Å².